The van der Waals surface area contributed by atoms with Gasteiger partial charge in [-0.1, -0.05) is 49.4 Å². The average Bonchev–Trinajstić information content (AvgIpc) is 2.58. The molecule has 2 N–H and O–H groups in total. The van der Waals surface area contributed by atoms with Crippen molar-refractivity contribution >= 4 is 22.2 Å². The monoisotopic (exact) mass is 305 g/mol. The normalized spacial score (nSPS) is 12.0. The quantitative estimate of drug-likeness (QED) is 0.559. The van der Waals surface area contributed by atoms with Crippen molar-refractivity contribution in [3.8, 4) is 5.75 Å². The molecule has 23 heavy (non-hydrogen) atoms. The van der Waals surface area contributed by atoms with E-state index in [0.29, 0.717) is 23.4 Å². The first-order chi connectivity index (χ1) is 11.2. The molecule has 0 aliphatic rings. The third-order valence-electron chi connectivity index (χ3n) is 3.83. The van der Waals surface area contributed by atoms with E-state index in [1.54, 1.807) is 12.1 Å². The van der Waals surface area contributed by atoms with Crippen molar-refractivity contribution in [2.24, 2.45) is 0 Å². The topological polar surface area (TPSA) is 52.3 Å². The molecule has 0 spiro atoms. The SMILES string of the molecule is CCC(Oc1cccc(N)c1)C(=O)c1ccc2ccccc2c1. The van der Waals surface area contributed by atoms with Gasteiger partial charge in [-0.25, -0.2) is 0 Å². The van der Waals surface area contributed by atoms with Crippen LogP contribution in [0.3, 0.4) is 0 Å². The van der Waals surface area contributed by atoms with Crippen LogP contribution in [-0.4, -0.2) is 11.9 Å². The van der Waals surface area contributed by atoms with Gasteiger partial charge in [0, 0.05) is 17.3 Å². The summed E-state index contributed by atoms with van der Waals surface area (Å²) in [7, 11) is 0. The smallest absolute Gasteiger partial charge is 0.203 e. The van der Waals surface area contributed by atoms with Gasteiger partial charge < -0.3 is 10.5 Å². The summed E-state index contributed by atoms with van der Waals surface area (Å²) in [4.78, 5) is 12.8. The van der Waals surface area contributed by atoms with Crippen molar-refractivity contribution < 1.29 is 9.53 Å². The van der Waals surface area contributed by atoms with Gasteiger partial charge >= 0.3 is 0 Å². The van der Waals surface area contributed by atoms with Crippen LogP contribution in [0.1, 0.15) is 23.7 Å². The molecule has 0 aromatic heterocycles. The van der Waals surface area contributed by atoms with Crippen molar-refractivity contribution in [3.05, 3.63) is 72.3 Å². The molecular formula is C20H19NO2. The summed E-state index contributed by atoms with van der Waals surface area (Å²) in [5.41, 5.74) is 7.05. The zero-order chi connectivity index (χ0) is 16.2. The van der Waals surface area contributed by atoms with Crippen LogP contribution < -0.4 is 10.5 Å². The number of carbonyl (C=O) groups excluding carboxylic acids is 1. The van der Waals surface area contributed by atoms with Crippen LogP contribution in [0.2, 0.25) is 0 Å². The number of anilines is 1. The molecule has 0 bridgehead atoms. The highest BCUT2D eigenvalue weighted by Gasteiger charge is 2.20. The summed E-state index contributed by atoms with van der Waals surface area (Å²) in [5, 5.41) is 2.17. The fourth-order valence-corrected chi connectivity index (χ4v) is 2.60. The maximum Gasteiger partial charge on any atom is 0.203 e. The molecule has 3 nitrogen and oxygen atoms in total. The molecule has 1 unspecified atom stereocenters. The second kappa shape index (κ2) is 6.53. The van der Waals surface area contributed by atoms with Crippen molar-refractivity contribution in [1.29, 1.82) is 0 Å². The highest BCUT2D eigenvalue weighted by atomic mass is 16.5. The van der Waals surface area contributed by atoms with Crippen molar-refractivity contribution in [2.75, 3.05) is 5.73 Å². The first kappa shape index (κ1) is 15.1. The molecule has 0 aliphatic carbocycles. The van der Waals surface area contributed by atoms with E-state index in [1.807, 2.05) is 61.5 Å². The van der Waals surface area contributed by atoms with E-state index in [-0.39, 0.29) is 5.78 Å². The van der Waals surface area contributed by atoms with Crippen LogP contribution in [0.15, 0.2) is 66.7 Å². The van der Waals surface area contributed by atoms with E-state index in [0.717, 1.165) is 10.8 Å². The number of hydrogen-bond acceptors (Lipinski definition) is 3. The summed E-state index contributed by atoms with van der Waals surface area (Å²) in [6.45, 7) is 1.94. The van der Waals surface area contributed by atoms with Gasteiger partial charge in [0.25, 0.3) is 0 Å². The Morgan fingerprint density at radius 3 is 2.52 bits per heavy atom. The summed E-state index contributed by atoms with van der Waals surface area (Å²) in [6, 6.07) is 20.9. The number of nitrogens with two attached hydrogens (primary N) is 1. The maximum absolute atomic E-state index is 12.8. The van der Waals surface area contributed by atoms with Crippen LogP contribution in [0.5, 0.6) is 5.75 Å². The minimum atomic E-state index is -0.516. The van der Waals surface area contributed by atoms with Gasteiger partial charge in [-0.3, -0.25) is 4.79 Å². The van der Waals surface area contributed by atoms with Crippen LogP contribution in [0, 0.1) is 0 Å². The van der Waals surface area contributed by atoms with Gasteiger partial charge in [0.15, 0.2) is 6.10 Å². The Morgan fingerprint density at radius 1 is 1.00 bits per heavy atom. The number of fused-ring (bicyclic) bond motifs is 1. The van der Waals surface area contributed by atoms with Gasteiger partial charge in [-0.15, -0.1) is 0 Å². The zero-order valence-corrected chi connectivity index (χ0v) is 13.0. The Labute approximate surface area is 135 Å². The Bertz CT molecular complexity index is 842. The van der Waals surface area contributed by atoms with Gasteiger partial charge in [0.1, 0.15) is 5.75 Å². The molecule has 3 rings (SSSR count). The maximum atomic E-state index is 12.8. The predicted molar refractivity (Wildman–Crippen MR) is 93.8 cm³/mol. The molecule has 1 atom stereocenters. The molecule has 3 aromatic rings. The van der Waals surface area contributed by atoms with Crippen LogP contribution in [0.4, 0.5) is 5.69 Å². The summed E-state index contributed by atoms with van der Waals surface area (Å²) in [6.07, 6.45) is 0.0819. The first-order valence-corrected chi connectivity index (χ1v) is 7.72. The lowest BCUT2D eigenvalue weighted by Gasteiger charge is -2.17. The number of ether oxygens (including phenoxy) is 1. The highest BCUT2D eigenvalue weighted by Crippen LogP contribution is 2.21. The Balaban J connectivity index is 1.86. The Morgan fingerprint density at radius 2 is 1.78 bits per heavy atom. The number of carbonyl (C=O) groups is 1. The van der Waals surface area contributed by atoms with Crippen molar-refractivity contribution in [1.82, 2.24) is 0 Å². The molecule has 0 saturated carbocycles. The third kappa shape index (κ3) is 3.34. The molecule has 0 heterocycles. The molecule has 116 valence electrons. The fraction of sp³-hybridized carbons (Fsp3) is 0.150. The molecule has 3 aromatic carbocycles. The number of rotatable bonds is 5. The van der Waals surface area contributed by atoms with E-state index in [9.17, 15) is 4.79 Å². The second-order valence-electron chi connectivity index (χ2n) is 5.51. The molecule has 0 saturated heterocycles. The number of nitrogen functional groups attached to an aromatic ring is 1. The molecule has 0 aliphatic heterocycles. The predicted octanol–water partition coefficient (Wildman–Crippen LogP) is 4.46. The van der Waals surface area contributed by atoms with Crippen LogP contribution in [-0.2, 0) is 0 Å². The average molecular weight is 305 g/mol. The van der Waals surface area contributed by atoms with Gasteiger partial charge in [-0.2, -0.15) is 0 Å². The van der Waals surface area contributed by atoms with Gasteiger partial charge in [-0.05, 0) is 35.4 Å². The number of hydrogen-bond donors (Lipinski definition) is 1. The lowest BCUT2D eigenvalue weighted by Crippen LogP contribution is -2.26. The van der Waals surface area contributed by atoms with Crippen molar-refractivity contribution in [2.45, 2.75) is 19.4 Å². The number of benzene rings is 3. The summed E-state index contributed by atoms with van der Waals surface area (Å²) >= 11 is 0. The third-order valence-corrected chi connectivity index (χ3v) is 3.83. The highest BCUT2D eigenvalue weighted by molar-refractivity contribution is 6.02. The van der Waals surface area contributed by atoms with E-state index < -0.39 is 6.10 Å². The summed E-state index contributed by atoms with van der Waals surface area (Å²) in [5.74, 6) is 0.603. The molecule has 0 fully saturated rings. The fourth-order valence-electron chi connectivity index (χ4n) is 2.60. The van der Waals surface area contributed by atoms with Gasteiger partial charge in [0.2, 0.25) is 5.78 Å². The largest absolute Gasteiger partial charge is 0.482 e. The number of Topliss-reactive ketones (excluding diaryl/α,β-unsaturated/α-hetero) is 1. The molecule has 3 heteroatoms. The minimum Gasteiger partial charge on any atom is -0.482 e. The van der Waals surface area contributed by atoms with E-state index >= 15 is 0 Å². The van der Waals surface area contributed by atoms with E-state index in [4.69, 9.17) is 10.5 Å². The Hall–Kier alpha value is -2.81. The second-order valence-corrected chi connectivity index (χ2v) is 5.51. The van der Waals surface area contributed by atoms with Crippen LogP contribution in [0.25, 0.3) is 10.8 Å². The summed E-state index contributed by atoms with van der Waals surface area (Å²) < 4.78 is 5.84. The van der Waals surface area contributed by atoms with E-state index in [2.05, 4.69) is 0 Å². The first-order valence-electron chi connectivity index (χ1n) is 7.72. The Kier molecular flexibility index (Phi) is 4.29. The zero-order valence-electron chi connectivity index (χ0n) is 13.0. The van der Waals surface area contributed by atoms with Gasteiger partial charge in [0.05, 0.1) is 0 Å². The lowest BCUT2D eigenvalue weighted by molar-refractivity contribution is 0.0787. The molecular weight excluding hydrogens is 286 g/mol. The lowest BCUT2D eigenvalue weighted by atomic mass is 10.0. The molecule has 0 amide bonds. The number of ketones is 1. The van der Waals surface area contributed by atoms with Crippen LogP contribution >= 0.6 is 0 Å². The van der Waals surface area contributed by atoms with Crippen molar-refractivity contribution in [3.63, 3.8) is 0 Å². The molecule has 0 radical (unpaired) electrons. The van der Waals surface area contributed by atoms with E-state index in [1.165, 1.54) is 0 Å². The standard InChI is InChI=1S/C20H19NO2/c1-2-19(23-18-9-5-8-17(21)13-18)20(22)16-11-10-14-6-3-4-7-15(14)12-16/h3-13,19H,2,21H2,1H3. The minimum absolute atomic E-state index is 0.0133.